The molecule has 14 heteroatoms. The molecule has 0 saturated carbocycles. The SMILES string of the molecule is O=C(NCc1ccc(S(=O)(=O)Nc2ccc(C(O)(C(F)(F)F)C(F)(F)F)cc2)s1)c1ccccc1. The van der Waals surface area contributed by atoms with Crippen LogP contribution in [0.25, 0.3) is 0 Å². The van der Waals surface area contributed by atoms with Gasteiger partial charge in [0.05, 0.1) is 6.54 Å². The predicted molar refractivity (Wildman–Crippen MR) is 115 cm³/mol. The van der Waals surface area contributed by atoms with Crippen molar-refractivity contribution in [1.29, 1.82) is 0 Å². The Labute approximate surface area is 199 Å². The monoisotopic (exact) mass is 538 g/mol. The number of thiophene rings is 1. The zero-order chi connectivity index (χ0) is 26.1. The van der Waals surface area contributed by atoms with E-state index in [2.05, 4.69) is 5.32 Å². The van der Waals surface area contributed by atoms with Crippen LogP contribution in [0.15, 0.2) is 70.9 Å². The van der Waals surface area contributed by atoms with E-state index in [9.17, 15) is 44.7 Å². The van der Waals surface area contributed by atoms with E-state index in [1.54, 1.807) is 30.3 Å². The highest BCUT2D eigenvalue weighted by atomic mass is 32.2. The molecule has 0 bridgehead atoms. The van der Waals surface area contributed by atoms with Crippen LogP contribution in [0.2, 0.25) is 0 Å². The van der Waals surface area contributed by atoms with E-state index in [0.717, 1.165) is 11.3 Å². The average molecular weight is 538 g/mol. The predicted octanol–water partition coefficient (Wildman–Crippen LogP) is 4.79. The Morgan fingerprint density at radius 2 is 1.43 bits per heavy atom. The Morgan fingerprint density at radius 1 is 0.857 bits per heavy atom. The highest BCUT2D eigenvalue weighted by Crippen LogP contribution is 2.50. The van der Waals surface area contributed by atoms with Gasteiger partial charge in [0.2, 0.25) is 0 Å². The molecule has 35 heavy (non-hydrogen) atoms. The molecule has 0 spiro atoms. The largest absolute Gasteiger partial charge is 0.430 e. The molecule has 0 aliphatic heterocycles. The van der Waals surface area contributed by atoms with E-state index in [4.69, 9.17) is 0 Å². The smallest absolute Gasteiger partial charge is 0.369 e. The average Bonchev–Trinajstić information content (AvgIpc) is 3.26. The van der Waals surface area contributed by atoms with Crippen LogP contribution in [0.3, 0.4) is 0 Å². The maximum absolute atomic E-state index is 13.0. The van der Waals surface area contributed by atoms with Crippen LogP contribution in [0.5, 0.6) is 0 Å². The Morgan fingerprint density at radius 3 is 1.97 bits per heavy atom. The maximum atomic E-state index is 13.0. The standard InChI is InChI=1S/C21H16F6N2O4S2/c22-20(23,24)19(31,21(25,26)27)14-6-8-15(9-7-14)29-35(32,33)17-11-10-16(34-17)12-28-18(30)13-4-2-1-3-5-13/h1-11,29,31H,12H2,(H,28,30). The van der Waals surface area contributed by atoms with Gasteiger partial charge in [0, 0.05) is 21.7 Å². The van der Waals surface area contributed by atoms with E-state index in [1.165, 1.54) is 12.1 Å². The van der Waals surface area contributed by atoms with Crippen molar-refractivity contribution in [3.63, 3.8) is 0 Å². The Kier molecular flexibility index (Phi) is 7.20. The number of hydrogen-bond donors (Lipinski definition) is 3. The van der Waals surface area contributed by atoms with Crippen LogP contribution in [-0.2, 0) is 22.2 Å². The lowest BCUT2D eigenvalue weighted by atomic mass is 9.92. The fourth-order valence-corrected chi connectivity index (χ4v) is 5.28. The molecule has 6 nitrogen and oxygen atoms in total. The van der Waals surface area contributed by atoms with Crippen molar-refractivity contribution in [2.45, 2.75) is 28.7 Å². The van der Waals surface area contributed by atoms with E-state index in [-0.39, 0.29) is 22.3 Å². The normalized spacial score (nSPS) is 12.9. The van der Waals surface area contributed by atoms with Crippen molar-refractivity contribution in [3.05, 3.63) is 82.7 Å². The summed E-state index contributed by atoms with van der Waals surface area (Å²) in [6.45, 7) is 0.0239. The van der Waals surface area contributed by atoms with Crippen LogP contribution < -0.4 is 10.0 Å². The molecule has 0 unspecified atom stereocenters. The number of carbonyl (C=O) groups excluding carboxylic acids is 1. The Hall–Kier alpha value is -3.10. The molecule has 3 aromatic rings. The Balaban J connectivity index is 1.72. The molecule has 0 saturated heterocycles. The second-order valence-corrected chi connectivity index (χ2v) is 10.2. The first-order valence-electron chi connectivity index (χ1n) is 9.56. The fourth-order valence-electron chi connectivity index (χ4n) is 2.93. The van der Waals surface area contributed by atoms with Gasteiger partial charge in [-0.25, -0.2) is 8.42 Å². The van der Waals surface area contributed by atoms with E-state index in [1.807, 2.05) is 4.72 Å². The fraction of sp³-hybridized carbons (Fsp3) is 0.190. The van der Waals surface area contributed by atoms with Crippen molar-refractivity contribution >= 4 is 33.0 Å². The molecule has 0 aliphatic rings. The van der Waals surface area contributed by atoms with Gasteiger partial charge in [-0.15, -0.1) is 11.3 Å². The summed E-state index contributed by atoms with van der Waals surface area (Å²) in [6, 6.07) is 13.0. The molecule has 0 atom stereocenters. The molecular weight excluding hydrogens is 522 g/mol. The topological polar surface area (TPSA) is 95.5 Å². The van der Waals surface area contributed by atoms with Gasteiger partial charge in [-0.1, -0.05) is 30.3 Å². The zero-order valence-corrected chi connectivity index (χ0v) is 18.9. The third-order valence-corrected chi connectivity index (χ3v) is 7.69. The van der Waals surface area contributed by atoms with Crippen LogP contribution in [0, 0.1) is 0 Å². The summed E-state index contributed by atoms with van der Waals surface area (Å²) in [7, 11) is -4.24. The van der Waals surface area contributed by atoms with Crippen molar-refractivity contribution in [2.75, 3.05) is 4.72 Å². The summed E-state index contributed by atoms with van der Waals surface area (Å²) in [5, 5.41) is 12.0. The molecule has 3 rings (SSSR count). The molecule has 0 radical (unpaired) electrons. The number of sulfonamides is 1. The minimum Gasteiger partial charge on any atom is -0.369 e. The molecule has 2 aromatic carbocycles. The first-order chi connectivity index (χ1) is 16.1. The molecule has 0 fully saturated rings. The summed E-state index contributed by atoms with van der Waals surface area (Å²) in [5.74, 6) is -0.376. The summed E-state index contributed by atoms with van der Waals surface area (Å²) < 4.78 is 105. The summed E-state index contributed by atoms with van der Waals surface area (Å²) in [6.07, 6.45) is -12.1. The van der Waals surface area contributed by atoms with Crippen molar-refractivity contribution in [2.24, 2.45) is 0 Å². The van der Waals surface area contributed by atoms with Gasteiger partial charge in [-0.05, 0) is 36.4 Å². The van der Waals surface area contributed by atoms with Gasteiger partial charge in [-0.2, -0.15) is 26.3 Å². The molecule has 188 valence electrons. The van der Waals surface area contributed by atoms with Gasteiger partial charge in [0.15, 0.2) is 0 Å². The van der Waals surface area contributed by atoms with E-state index < -0.39 is 33.5 Å². The van der Waals surface area contributed by atoms with Crippen molar-refractivity contribution in [1.82, 2.24) is 5.32 Å². The molecule has 1 heterocycles. The van der Waals surface area contributed by atoms with Crippen LogP contribution in [-0.4, -0.2) is 31.8 Å². The highest BCUT2D eigenvalue weighted by molar-refractivity contribution is 7.94. The number of benzene rings is 2. The molecular formula is C21H16F6N2O4S2. The summed E-state index contributed by atoms with van der Waals surface area (Å²) >= 11 is 0.808. The van der Waals surface area contributed by atoms with Gasteiger partial charge in [-0.3, -0.25) is 9.52 Å². The van der Waals surface area contributed by atoms with Crippen LogP contribution in [0.4, 0.5) is 32.0 Å². The number of carbonyl (C=O) groups is 1. The van der Waals surface area contributed by atoms with E-state index in [0.29, 0.717) is 34.7 Å². The summed E-state index contributed by atoms with van der Waals surface area (Å²) in [4.78, 5) is 12.6. The first kappa shape index (κ1) is 26.5. The molecule has 1 aromatic heterocycles. The number of amides is 1. The number of alkyl halides is 6. The number of aliphatic hydroxyl groups is 1. The molecule has 1 amide bonds. The second-order valence-electron chi connectivity index (χ2n) is 7.16. The zero-order valence-electron chi connectivity index (χ0n) is 17.3. The second kappa shape index (κ2) is 9.51. The van der Waals surface area contributed by atoms with Crippen molar-refractivity contribution in [3.8, 4) is 0 Å². The number of rotatable bonds is 7. The van der Waals surface area contributed by atoms with Crippen LogP contribution in [0.1, 0.15) is 20.8 Å². The number of anilines is 1. The van der Waals surface area contributed by atoms with Gasteiger partial charge >= 0.3 is 12.4 Å². The third-order valence-electron chi connectivity index (χ3n) is 4.74. The van der Waals surface area contributed by atoms with Gasteiger partial charge < -0.3 is 10.4 Å². The maximum Gasteiger partial charge on any atom is 0.430 e. The molecule has 0 aliphatic carbocycles. The van der Waals surface area contributed by atoms with E-state index >= 15 is 0 Å². The Bertz CT molecular complexity index is 1270. The minimum atomic E-state index is -6.06. The number of halogens is 6. The lowest BCUT2D eigenvalue weighted by Gasteiger charge is -2.32. The van der Waals surface area contributed by atoms with Gasteiger partial charge in [0.1, 0.15) is 4.21 Å². The number of nitrogens with one attached hydrogen (secondary N) is 2. The van der Waals surface area contributed by atoms with Crippen molar-refractivity contribution < 1.29 is 44.7 Å². The van der Waals surface area contributed by atoms with Crippen LogP contribution >= 0.6 is 11.3 Å². The molecule has 3 N–H and O–H groups in total. The van der Waals surface area contributed by atoms with Gasteiger partial charge in [0.25, 0.3) is 21.5 Å². The third kappa shape index (κ3) is 5.60. The summed E-state index contributed by atoms with van der Waals surface area (Å²) in [5.41, 5.74) is -6.56. The lowest BCUT2D eigenvalue weighted by Crippen LogP contribution is -2.53. The lowest BCUT2D eigenvalue weighted by molar-refractivity contribution is -0.376. The quantitative estimate of drug-likeness (QED) is 0.377. The highest BCUT2D eigenvalue weighted by Gasteiger charge is 2.71. The number of hydrogen-bond acceptors (Lipinski definition) is 5. The minimum absolute atomic E-state index is 0.0239. The first-order valence-corrected chi connectivity index (χ1v) is 11.9.